The largest absolute Gasteiger partial charge is 0.504 e. The Morgan fingerprint density at radius 2 is 2.00 bits per heavy atom. The number of ether oxygens (including phenoxy) is 1. The van der Waals surface area contributed by atoms with Gasteiger partial charge in [0.05, 0.1) is 12.7 Å². The van der Waals surface area contributed by atoms with E-state index in [1.54, 1.807) is 0 Å². The number of benzene rings is 1. The molecule has 5 heteroatoms. The van der Waals surface area contributed by atoms with E-state index in [0.717, 1.165) is 0 Å². The summed E-state index contributed by atoms with van der Waals surface area (Å²) in [5, 5.41) is 27.4. The van der Waals surface area contributed by atoms with Crippen LogP contribution in [-0.2, 0) is 11.3 Å². The van der Waals surface area contributed by atoms with Crippen LogP contribution in [-0.4, -0.2) is 27.4 Å². The van der Waals surface area contributed by atoms with E-state index in [1.165, 1.54) is 12.1 Å². The van der Waals surface area contributed by atoms with Crippen molar-refractivity contribution in [2.75, 3.05) is 0 Å². The van der Waals surface area contributed by atoms with E-state index >= 15 is 0 Å². The Morgan fingerprint density at radius 3 is 2.50 bits per heavy atom. The second kappa shape index (κ2) is 4.85. The minimum Gasteiger partial charge on any atom is -0.504 e. The highest BCUT2D eigenvalue weighted by Gasteiger charge is 2.15. The van der Waals surface area contributed by atoms with Crippen LogP contribution >= 0.6 is 0 Å². The van der Waals surface area contributed by atoms with E-state index in [-0.39, 0.29) is 18.3 Å². The molecule has 0 heterocycles. The molecule has 1 rings (SSSR count). The Bertz CT molecular complexity index is 398. The lowest BCUT2D eigenvalue weighted by Gasteiger charge is -2.09. The van der Waals surface area contributed by atoms with Gasteiger partial charge in [-0.2, -0.15) is 0 Å². The Kier molecular flexibility index (Phi) is 3.73. The Balaban J connectivity index is 3.00. The van der Waals surface area contributed by atoms with E-state index in [9.17, 15) is 15.0 Å². The number of aromatic carboxylic acids is 1. The molecule has 0 saturated heterocycles. The van der Waals surface area contributed by atoms with Crippen molar-refractivity contribution in [3.63, 3.8) is 0 Å². The second-order valence-electron chi connectivity index (χ2n) is 3.68. The zero-order valence-corrected chi connectivity index (χ0v) is 9.10. The van der Waals surface area contributed by atoms with Gasteiger partial charge in [0.2, 0.25) is 0 Å². The van der Waals surface area contributed by atoms with Gasteiger partial charge in [0, 0.05) is 0 Å². The van der Waals surface area contributed by atoms with Crippen molar-refractivity contribution < 1.29 is 24.9 Å². The predicted molar refractivity (Wildman–Crippen MR) is 56.7 cm³/mol. The molecule has 0 atom stereocenters. The molecule has 0 amide bonds. The first-order valence-electron chi connectivity index (χ1n) is 4.81. The third-order valence-corrected chi connectivity index (χ3v) is 1.96. The smallest absolute Gasteiger partial charge is 0.339 e. The first-order chi connectivity index (χ1) is 7.41. The van der Waals surface area contributed by atoms with Crippen LogP contribution in [0, 0.1) is 0 Å². The fourth-order valence-corrected chi connectivity index (χ4v) is 1.19. The van der Waals surface area contributed by atoms with Crippen molar-refractivity contribution >= 4 is 5.97 Å². The molecule has 0 spiro atoms. The number of aromatic hydroxyl groups is 2. The minimum absolute atomic E-state index is 0.00391. The molecule has 3 N–H and O–H groups in total. The molecule has 0 aliphatic carbocycles. The summed E-state index contributed by atoms with van der Waals surface area (Å²) < 4.78 is 5.27. The van der Waals surface area contributed by atoms with Crippen molar-refractivity contribution in [1.82, 2.24) is 0 Å². The van der Waals surface area contributed by atoms with Crippen molar-refractivity contribution in [1.29, 1.82) is 0 Å². The van der Waals surface area contributed by atoms with Crippen LogP contribution in [0.1, 0.15) is 29.8 Å². The third kappa shape index (κ3) is 2.87. The highest BCUT2D eigenvalue weighted by Crippen LogP contribution is 2.30. The third-order valence-electron chi connectivity index (χ3n) is 1.96. The van der Waals surface area contributed by atoms with Crippen LogP contribution in [0.4, 0.5) is 0 Å². The number of rotatable bonds is 4. The second-order valence-corrected chi connectivity index (χ2v) is 3.68. The molecule has 5 nitrogen and oxygen atoms in total. The molecule has 0 aromatic heterocycles. The van der Waals surface area contributed by atoms with E-state index in [0.29, 0.717) is 5.56 Å². The van der Waals surface area contributed by atoms with Crippen LogP contribution in [0.5, 0.6) is 11.5 Å². The summed E-state index contributed by atoms with van der Waals surface area (Å²) in [7, 11) is 0. The van der Waals surface area contributed by atoms with Gasteiger partial charge in [0.25, 0.3) is 0 Å². The fourth-order valence-electron chi connectivity index (χ4n) is 1.19. The fraction of sp³-hybridized carbons (Fsp3) is 0.364. The van der Waals surface area contributed by atoms with E-state index in [2.05, 4.69) is 0 Å². The molecule has 16 heavy (non-hydrogen) atoms. The number of hydrogen-bond acceptors (Lipinski definition) is 4. The van der Waals surface area contributed by atoms with Crippen LogP contribution in [0.15, 0.2) is 12.1 Å². The number of carboxylic acids is 1. The lowest BCUT2D eigenvalue weighted by Crippen LogP contribution is -2.04. The van der Waals surface area contributed by atoms with Gasteiger partial charge in [0.1, 0.15) is 5.56 Å². The summed E-state index contributed by atoms with van der Waals surface area (Å²) in [6.07, 6.45) is 0.00391. The molecule has 1 aromatic rings. The van der Waals surface area contributed by atoms with Gasteiger partial charge < -0.3 is 20.1 Å². The Labute approximate surface area is 92.9 Å². The summed E-state index contributed by atoms with van der Waals surface area (Å²) in [6, 6.07) is 2.56. The van der Waals surface area contributed by atoms with Gasteiger partial charge in [-0.3, -0.25) is 0 Å². The zero-order chi connectivity index (χ0) is 12.3. The van der Waals surface area contributed by atoms with Crippen LogP contribution in [0.3, 0.4) is 0 Å². The lowest BCUT2D eigenvalue weighted by atomic mass is 10.1. The number of carboxylic acid groups (broad SMARTS) is 1. The molecular weight excluding hydrogens is 212 g/mol. The SMILES string of the molecule is CC(C)OCc1cc(O)c(O)c(C(=O)O)c1. The van der Waals surface area contributed by atoms with Crippen molar-refractivity contribution in [3.05, 3.63) is 23.3 Å². The normalized spacial score (nSPS) is 10.7. The number of phenols is 2. The highest BCUT2D eigenvalue weighted by atomic mass is 16.5. The Hall–Kier alpha value is -1.75. The summed E-state index contributed by atoms with van der Waals surface area (Å²) in [5.41, 5.74) is 0.170. The molecule has 0 saturated carbocycles. The first kappa shape index (κ1) is 12.3. The van der Waals surface area contributed by atoms with E-state index in [4.69, 9.17) is 9.84 Å². The monoisotopic (exact) mass is 226 g/mol. The minimum atomic E-state index is -1.29. The average molecular weight is 226 g/mol. The van der Waals surface area contributed by atoms with Gasteiger partial charge >= 0.3 is 5.97 Å². The van der Waals surface area contributed by atoms with Crippen LogP contribution in [0.25, 0.3) is 0 Å². The maximum atomic E-state index is 10.8. The number of phenolic OH excluding ortho intramolecular Hbond substituents is 1. The number of carbonyl (C=O) groups is 1. The predicted octanol–water partition coefficient (Wildman–Crippen LogP) is 1.72. The van der Waals surface area contributed by atoms with Gasteiger partial charge in [0.15, 0.2) is 11.5 Å². The maximum absolute atomic E-state index is 10.8. The molecule has 0 unspecified atom stereocenters. The summed E-state index contributed by atoms with van der Waals surface area (Å²) >= 11 is 0. The first-order valence-corrected chi connectivity index (χ1v) is 4.81. The number of hydrogen-bond donors (Lipinski definition) is 3. The molecule has 0 aliphatic heterocycles. The highest BCUT2D eigenvalue weighted by molar-refractivity contribution is 5.92. The van der Waals surface area contributed by atoms with Crippen molar-refractivity contribution in [2.45, 2.75) is 26.6 Å². The van der Waals surface area contributed by atoms with Crippen molar-refractivity contribution in [2.24, 2.45) is 0 Å². The van der Waals surface area contributed by atoms with E-state index < -0.39 is 17.5 Å². The van der Waals surface area contributed by atoms with Crippen molar-refractivity contribution in [3.8, 4) is 11.5 Å². The summed E-state index contributed by atoms with van der Waals surface area (Å²) in [4.78, 5) is 10.8. The summed E-state index contributed by atoms with van der Waals surface area (Å²) in [5.74, 6) is -2.37. The van der Waals surface area contributed by atoms with Gasteiger partial charge in [-0.15, -0.1) is 0 Å². The van der Waals surface area contributed by atoms with Gasteiger partial charge in [-0.1, -0.05) is 0 Å². The lowest BCUT2D eigenvalue weighted by molar-refractivity contribution is 0.0650. The Morgan fingerprint density at radius 1 is 1.38 bits per heavy atom. The molecule has 0 aliphatic rings. The van der Waals surface area contributed by atoms with Gasteiger partial charge in [-0.25, -0.2) is 4.79 Å². The maximum Gasteiger partial charge on any atom is 0.339 e. The van der Waals surface area contributed by atoms with Crippen LogP contribution in [0.2, 0.25) is 0 Å². The quantitative estimate of drug-likeness (QED) is 0.680. The molecule has 0 bridgehead atoms. The topological polar surface area (TPSA) is 87.0 Å². The zero-order valence-electron chi connectivity index (χ0n) is 9.10. The molecule has 1 aromatic carbocycles. The van der Waals surface area contributed by atoms with E-state index in [1.807, 2.05) is 13.8 Å². The van der Waals surface area contributed by atoms with Crippen LogP contribution < -0.4 is 0 Å². The molecule has 0 radical (unpaired) electrons. The standard InChI is InChI=1S/C11H14O5/c1-6(2)16-5-7-3-8(11(14)15)10(13)9(12)4-7/h3-4,6,12-13H,5H2,1-2H3,(H,14,15). The average Bonchev–Trinajstić information content (AvgIpc) is 2.19. The molecule has 88 valence electrons. The van der Waals surface area contributed by atoms with Gasteiger partial charge in [-0.05, 0) is 31.5 Å². The summed E-state index contributed by atoms with van der Waals surface area (Å²) in [6.45, 7) is 3.88. The molecule has 0 fully saturated rings. The molecular formula is C11H14O5.